The molecule has 94 valence electrons. The number of carbonyl (C=O) groups is 2. The van der Waals surface area contributed by atoms with Crippen LogP contribution in [-0.4, -0.2) is 11.1 Å². The van der Waals surface area contributed by atoms with Gasteiger partial charge in [0.15, 0.2) is 0 Å². The van der Waals surface area contributed by atoms with E-state index in [0.29, 0.717) is 16.2 Å². The smallest absolute Gasteiger partial charge is 0.290 e. The minimum Gasteiger partial charge on any atom is -0.456 e. The second-order valence-electron chi connectivity index (χ2n) is 3.94. The van der Waals surface area contributed by atoms with Gasteiger partial charge in [-0.15, -0.1) is 0 Å². The average Bonchev–Trinajstić information content (AvgIpc) is 2.94. The first-order chi connectivity index (χ1) is 9.19. The normalized spacial score (nSPS) is 17.7. The summed E-state index contributed by atoms with van der Waals surface area (Å²) in [5.41, 5.74) is 1.26. The standard InChI is InChI=1S/C14H9NO3S/c1-2-9(12-13(16)15-14(17)19-12)11-7-8-5-3-4-6-10(8)18-11/h2-7H,1H2,(H,15,16,17). The second-order valence-corrected chi connectivity index (χ2v) is 4.92. The van der Waals surface area contributed by atoms with E-state index in [4.69, 9.17) is 4.42 Å². The predicted molar refractivity (Wildman–Crippen MR) is 74.5 cm³/mol. The highest BCUT2D eigenvalue weighted by Gasteiger charge is 2.29. The SMILES string of the molecule is C=CC(=C1SC(=O)NC1=O)c1cc2ccccc2o1. The summed E-state index contributed by atoms with van der Waals surface area (Å²) in [6.07, 6.45) is 1.53. The van der Waals surface area contributed by atoms with Crippen molar-refractivity contribution in [1.82, 2.24) is 5.32 Å². The summed E-state index contributed by atoms with van der Waals surface area (Å²) in [5.74, 6) is 0.119. The van der Waals surface area contributed by atoms with Crippen LogP contribution in [0, 0.1) is 0 Å². The molecule has 1 aliphatic rings. The van der Waals surface area contributed by atoms with E-state index < -0.39 is 5.91 Å². The molecular formula is C14H9NO3S. The van der Waals surface area contributed by atoms with E-state index in [1.54, 1.807) is 0 Å². The van der Waals surface area contributed by atoms with Gasteiger partial charge in [-0.3, -0.25) is 14.9 Å². The third-order valence-electron chi connectivity index (χ3n) is 2.76. The lowest BCUT2D eigenvalue weighted by Crippen LogP contribution is -2.18. The monoisotopic (exact) mass is 271 g/mol. The van der Waals surface area contributed by atoms with Gasteiger partial charge in [-0.25, -0.2) is 0 Å². The fraction of sp³-hybridized carbons (Fsp3) is 0. The number of benzene rings is 1. The molecule has 0 unspecified atom stereocenters. The van der Waals surface area contributed by atoms with Crippen molar-refractivity contribution in [2.45, 2.75) is 0 Å². The number of carbonyl (C=O) groups excluding carboxylic acids is 2. The molecule has 0 atom stereocenters. The number of furan rings is 1. The highest BCUT2D eigenvalue weighted by Crippen LogP contribution is 2.34. The molecule has 2 aromatic rings. The van der Waals surface area contributed by atoms with Crippen molar-refractivity contribution in [1.29, 1.82) is 0 Å². The summed E-state index contributed by atoms with van der Waals surface area (Å²) in [6, 6.07) is 9.37. The van der Waals surface area contributed by atoms with E-state index >= 15 is 0 Å². The Morgan fingerprint density at radius 2 is 2.11 bits per heavy atom. The van der Waals surface area contributed by atoms with Crippen LogP contribution in [0.25, 0.3) is 16.5 Å². The molecule has 4 nitrogen and oxygen atoms in total. The van der Waals surface area contributed by atoms with Gasteiger partial charge in [0.25, 0.3) is 11.1 Å². The van der Waals surface area contributed by atoms with Crippen LogP contribution in [0.4, 0.5) is 4.79 Å². The number of amides is 2. The second kappa shape index (κ2) is 4.44. The highest BCUT2D eigenvalue weighted by atomic mass is 32.2. The minimum absolute atomic E-state index is 0.319. The number of para-hydroxylation sites is 1. The lowest BCUT2D eigenvalue weighted by Gasteiger charge is -1.99. The molecule has 5 heteroatoms. The Hall–Kier alpha value is -2.27. The average molecular weight is 271 g/mol. The molecule has 1 fully saturated rings. The van der Waals surface area contributed by atoms with Gasteiger partial charge in [-0.05, 0) is 23.9 Å². The van der Waals surface area contributed by atoms with Gasteiger partial charge in [0, 0.05) is 11.0 Å². The molecule has 3 rings (SSSR count). The third kappa shape index (κ3) is 1.98. The van der Waals surface area contributed by atoms with Crippen molar-refractivity contribution in [2.24, 2.45) is 0 Å². The largest absolute Gasteiger partial charge is 0.456 e. The number of thioether (sulfide) groups is 1. The topological polar surface area (TPSA) is 59.3 Å². The fourth-order valence-electron chi connectivity index (χ4n) is 1.91. The lowest BCUT2D eigenvalue weighted by atomic mass is 10.1. The zero-order valence-electron chi connectivity index (χ0n) is 9.80. The van der Waals surface area contributed by atoms with Crippen LogP contribution in [0.3, 0.4) is 0 Å². The fourth-order valence-corrected chi connectivity index (χ4v) is 2.68. The number of rotatable bonds is 2. The van der Waals surface area contributed by atoms with Gasteiger partial charge in [0.05, 0.1) is 4.91 Å². The van der Waals surface area contributed by atoms with E-state index in [1.807, 2.05) is 30.3 Å². The Bertz CT molecular complexity index is 709. The number of allylic oxidation sites excluding steroid dienone is 2. The Labute approximate surface area is 113 Å². The summed E-state index contributed by atoms with van der Waals surface area (Å²) >= 11 is 0.860. The molecular weight excluding hydrogens is 262 g/mol. The van der Waals surface area contributed by atoms with Gasteiger partial charge < -0.3 is 4.42 Å². The van der Waals surface area contributed by atoms with E-state index in [2.05, 4.69) is 11.9 Å². The minimum atomic E-state index is -0.412. The molecule has 1 aromatic heterocycles. The van der Waals surface area contributed by atoms with Crippen LogP contribution in [0.2, 0.25) is 0 Å². The lowest BCUT2D eigenvalue weighted by molar-refractivity contribution is -0.115. The molecule has 19 heavy (non-hydrogen) atoms. The third-order valence-corrected chi connectivity index (χ3v) is 3.65. The summed E-state index contributed by atoms with van der Waals surface area (Å²) in [5, 5.41) is 2.78. The number of fused-ring (bicyclic) bond motifs is 1. The van der Waals surface area contributed by atoms with Crippen molar-refractivity contribution < 1.29 is 14.0 Å². The molecule has 0 bridgehead atoms. The molecule has 1 N–H and O–H groups in total. The number of imide groups is 1. The first-order valence-electron chi connectivity index (χ1n) is 5.58. The van der Waals surface area contributed by atoms with Crippen molar-refractivity contribution in [3.8, 4) is 0 Å². The van der Waals surface area contributed by atoms with E-state index in [1.165, 1.54) is 6.08 Å². The molecule has 0 aliphatic carbocycles. The van der Waals surface area contributed by atoms with Crippen LogP contribution in [0.5, 0.6) is 0 Å². The van der Waals surface area contributed by atoms with Crippen molar-refractivity contribution in [3.63, 3.8) is 0 Å². The van der Waals surface area contributed by atoms with Crippen LogP contribution < -0.4 is 5.32 Å². The summed E-state index contributed by atoms with van der Waals surface area (Å²) in [6.45, 7) is 3.69. The van der Waals surface area contributed by atoms with Gasteiger partial charge in [0.2, 0.25) is 0 Å². The molecule has 0 spiro atoms. The van der Waals surface area contributed by atoms with Crippen LogP contribution >= 0.6 is 11.8 Å². The number of nitrogens with one attached hydrogen (secondary N) is 1. The van der Waals surface area contributed by atoms with Gasteiger partial charge >= 0.3 is 0 Å². The molecule has 2 heterocycles. The van der Waals surface area contributed by atoms with Gasteiger partial charge in [-0.1, -0.05) is 30.9 Å². The Morgan fingerprint density at radius 3 is 2.74 bits per heavy atom. The van der Waals surface area contributed by atoms with Gasteiger partial charge in [-0.2, -0.15) is 0 Å². The molecule has 0 radical (unpaired) electrons. The van der Waals surface area contributed by atoms with Crippen LogP contribution in [-0.2, 0) is 4.79 Å². The first-order valence-corrected chi connectivity index (χ1v) is 6.39. The van der Waals surface area contributed by atoms with Crippen molar-refractivity contribution in [2.75, 3.05) is 0 Å². The zero-order chi connectivity index (χ0) is 13.4. The number of hydrogen-bond donors (Lipinski definition) is 1. The summed E-state index contributed by atoms with van der Waals surface area (Å²) < 4.78 is 5.68. The quantitative estimate of drug-likeness (QED) is 0.851. The molecule has 0 saturated carbocycles. The zero-order valence-corrected chi connectivity index (χ0v) is 10.6. The summed E-state index contributed by atoms with van der Waals surface area (Å²) in [4.78, 5) is 23.2. The first kappa shape index (κ1) is 11.8. The Balaban J connectivity index is 2.17. The molecule has 1 aromatic carbocycles. The molecule has 1 saturated heterocycles. The predicted octanol–water partition coefficient (Wildman–Crippen LogP) is 3.31. The maximum absolute atomic E-state index is 11.7. The maximum Gasteiger partial charge on any atom is 0.290 e. The number of hydrogen-bond acceptors (Lipinski definition) is 4. The van der Waals surface area contributed by atoms with E-state index in [-0.39, 0.29) is 5.24 Å². The van der Waals surface area contributed by atoms with E-state index in [9.17, 15) is 9.59 Å². The van der Waals surface area contributed by atoms with Crippen LogP contribution in [0.15, 0.2) is 52.3 Å². The Morgan fingerprint density at radius 1 is 1.32 bits per heavy atom. The maximum atomic E-state index is 11.7. The molecule has 1 aliphatic heterocycles. The van der Waals surface area contributed by atoms with Crippen molar-refractivity contribution >= 4 is 39.5 Å². The molecule has 2 amide bonds. The van der Waals surface area contributed by atoms with Gasteiger partial charge in [0.1, 0.15) is 11.3 Å². The summed E-state index contributed by atoms with van der Waals surface area (Å²) in [7, 11) is 0. The van der Waals surface area contributed by atoms with Crippen molar-refractivity contribution in [3.05, 3.63) is 53.7 Å². The highest BCUT2D eigenvalue weighted by molar-refractivity contribution is 8.18. The Kier molecular flexibility index (Phi) is 2.76. The van der Waals surface area contributed by atoms with Crippen LogP contribution in [0.1, 0.15) is 5.76 Å². The van der Waals surface area contributed by atoms with E-state index in [0.717, 1.165) is 22.7 Å².